The highest BCUT2D eigenvalue weighted by Gasteiger charge is 2.13. The second-order valence-electron chi connectivity index (χ2n) is 7.38. The second-order valence-corrected chi connectivity index (χ2v) is 8.59. The van der Waals surface area contributed by atoms with Gasteiger partial charge >= 0.3 is 0 Å². The summed E-state index contributed by atoms with van der Waals surface area (Å²) in [4.78, 5) is 34.0. The Labute approximate surface area is 185 Å². The van der Waals surface area contributed by atoms with Gasteiger partial charge in [-0.15, -0.1) is 11.3 Å². The van der Waals surface area contributed by atoms with Crippen LogP contribution >= 0.6 is 11.3 Å². The van der Waals surface area contributed by atoms with E-state index in [0.29, 0.717) is 48.0 Å². The zero-order valence-electron chi connectivity index (χ0n) is 18.5. The molecule has 0 spiro atoms. The molecule has 0 unspecified atom stereocenters. The largest absolute Gasteiger partial charge is 0.490 e. The molecule has 2 heterocycles. The molecule has 2 N–H and O–H groups in total. The van der Waals surface area contributed by atoms with Crippen molar-refractivity contribution in [1.29, 1.82) is 0 Å². The molecule has 0 bridgehead atoms. The number of hydrogen-bond acceptors (Lipinski definition) is 6. The SMILES string of the molecule is CCCOc1ccc(NC(=O)CCc2nc3sc(C)c(C)c3c(=O)[nH]2)cc1OCCC. The lowest BCUT2D eigenvalue weighted by Gasteiger charge is -2.14. The molecule has 31 heavy (non-hydrogen) atoms. The number of nitrogens with one attached hydrogen (secondary N) is 2. The number of carbonyl (C=O) groups excluding carboxylic acids is 1. The van der Waals surface area contributed by atoms with Gasteiger partial charge in [-0.3, -0.25) is 9.59 Å². The molecule has 8 heteroatoms. The summed E-state index contributed by atoms with van der Waals surface area (Å²) in [7, 11) is 0. The molecule has 2 aromatic heterocycles. The maximum atomic E-state index is 12.5. The van der Waals surface area contributed by atoms with E-state index in [0.717, 1.165) is 28.1 Å². The predicted molar refractivity (Wildman–Crippen MR) is 125 cm³/mol. The van der Waals surface area contributed by atoms with E-state index in [2.05, 4.69) is 15.3 Å². The third-order valence-corrected chi connectivity index (χ3v) is 5.93. The van der Waals surface area contributed by atoms with Gasteiger partial charge in [-0.2, -0.15) is 0 Å². The van der Waals surface area contributed by atoms with Gasteiger partial charge in [0.05, 0.1) is 18.6 Å². The summed E-state index contributed by atoms with van der Waals surface area (Å²) in [6, 6.07) is 5.39. The molecule has 0 aliphatic rings. The first-order chi connectivity index (χ1) is 14.9. The standard InChI is InChI=1S/C23H29N3O4S/c1-5-11-29-17-8-7-16(13-18(17)30-12-6-2)24-20(27)10-9-19-25-22(28)21-14(3)15(4)31-23(21)26-19/h7-8,13H,5-6,9-12H2,1-4H3,(H,24,27)(H,25,26,28). The fraction of sp³-hybridized carbons (Fsp3) is 0.435. The zero-order valence-corrected chi connectivity index (χ0v) is 19.3. The Morgan fingerprint density at radius 3 is 2.55 bits per heavy atom. The van der Waals surface area contributed by atoms with Crippen molar-refractivity contribution >= 4 is 33.1 Å². The van der Waals surface area contributed by atoms with Crippen molar-refractivity contribution < 1.29 is 14.3 Å². The molecule has 3 aromatic rings. The number of fused-ring (bicyclic) bond motifs is 1. The summed E-state index contributed by atoms with van der Waals surface area (Å²) < 4.78 is 11.5. The minimum Gasteiger partial charge on any atom is -0.490 e. The van der Waals surface area contributed by atoms with E-state index in [1.54, 1.807) is 12.1 Å². The van der Waals surface area contributed by atoms with Gasteiger partial charge in [0.25, 0.3) is 5.56 Å². The number of benzene rings is 1. The highest BCUT2D eigenvalue weighted by Crippen LogP contribution is 2.31. The summed E-state index contributed by atoms with van der Waals surface area (Å²) in [5, 5.41) is 3.53. The quantitative estimate of drug-likeness (QED) is 0.472. The smallest absolute Gasteiger partial charge is 0.259 e. The molecule has 1 amide bonds. The first kappa shape index (κ1) is 22.8. The van der Waals surface area contributed by atoms with E-state index in [1.807, 2.05) is 33.8 Å². The fourth-order valence-corrected chi connectivity index (χ4v) is 4.16. The lowest BCUT2D eigenvalue weighted by molar-refractivity contribution is -0.116. The lowest BCUT2D eigenvalue weighted by Crippen LogP contribution is -2.16. The number of thiophene rings is 1. The summed E-state index contributed by atoms with van der Waals surface area (Å²) in [5.41, 5.74) is 1.45. The zero-order chi connectivity index (χ0) is 22.4. The molecule has 1 aromatic carbocycles. The number of aromatic amines is 1. The van der Waals surface area contributed by atoms with Crippen LogP contribution in [0, 0.1) is 13.8 Å². The Bertz CT molecular complexity index is 1120. The van der Waals surface area contributed by atoms with Crippen LogP contribution in [0.15, 0.2) is 23.0 Å². The third-order valence-electron chi connectivity index (χ3n) is 4.83. The van der Waals surface area contributed by atoms with Crippen molar-refractivity contribution in [2.45, 2.75) is 53.4 Å². The molecule has 0 aliphatic heterocycles. The van der Waals surface area contributed by atoms with E-state index in [9.17, 15) is 9.59 Å². The van der Waals surface area contributed by atoms with Crippen LogP contribution in [0.3, 0.4) is 0 Å². The van der Waals surface area contributed by atoms with E-state index < -0.39 is 0 Å². The van der Waals surface area contributed by atoms with Crippen molar-refractivity contribution in [2.75, 3.05) is 18.5 Å². The molecular formula is C23H29N3O4S. The van der Waals surface area contributed by atoms with Gasteiger partial charge in [0.1, 0.15) is 10.7 Å². The highest BCUT2D eigenvalue weighted by molar-refractivity contribution is 7.18. The number of nitrogens with zero attached hydrogens (tertiary/aromatic N) is 1. The van der Waals surface area contributed by atoms with Crippen molar-refractivity contribution in [3.8, 4) is 11.5 Å². The monoisotopic (exact) mass is 443 g/mol. The molecule has 0 saturated heterocycles. The van der Waals surface area contributed by atoms with E-state index in [-0.39, 0.29) is 17.9 Å². The van der Waals surface area contributed by atoms with Gasteiger partial charge in [-0.05, 0) is 44.4 Å². The number of carbonyl (C=O) groups is 1. The van der Waals surface area contributed by atoms with E-state index in [1.165, 1.54) is 11.3 Å². The molecule has 0 aliphatic carbocycles. The van der Waals surface area contributed by atoms with Gasteiger partial charge in [0.2, 0.25) is 5.91 Å². The maximum absolute atomic E-state index is 12.5. The maximum Gasteiger partial charge on any atom is 0.259 e. The summed E-state index contributed by atoms with van der Waals surface area (Å²) in [5.74, 6) is 1.65. The Morgan fingerprint density at radius 2 is 1.84 bits per heavy atom. The van der Waals surface area contributed by atoms with Crippen LogP contribution in [0.5, 0.6) is 11.5 Å². The number of H-pyrrole nitrogens is 1. The van der Waals surface area contributed by atoms with Gasteiger partial charge in [0.15, 0.2) is 11.5 Å². The summed E-state index contributed by atoms with van der Waals surface area (Å²) in [6.45, 7) is 9.16. The van der Waals surface area contributed by atoms with Gasteiger partial charge in [0, 0.05) is 29.5 Å². The molecule has 0 radical (unpaired) electrons. The van der Waals surface area contributed by atoms with Crippen LogP contribution in [0.1, 0.15) is 49.4 Å². The molecule has 0 atom stereocenters. The molecule has 0 saturated carbocycles. The van der Waals surface area contributed by atoms with Crippen LogP contribution in [-0.2, 0) is 11.2 Å². The van der Waals surface area contributed by atoms with Crippen LogP contribution in [0.2, 0.25) is 0 Å². The number of aromatic nitrogens is 2. The summed E-state index contributed by atoms with van der Waals surface area (Å²) in [6.07, 6.45) is 2.34. The number of anilines is 1. The first-order valence-electron chi connectivity index (χ1n) is 10.6. The molecule has 166 valence electrons. The molecular weight excluding hydrogens is 414 g/mol. The minimum absolute atomic E-state index is 0.150. The highest BCUT2D eigenvalue weighted by atomic mass is 32.1. The average Bonchev–Trinajstić information content (AvgIpc) is 3.03. The number of amides is 1. The van der Waals surface area contributed by atoms with Gasteiger partial charge < -0.3 is 19.8 Å². The third kappa shape index (κ3) is 5.64. The van der Waals surface area contributed by atoms with Crippen LogP contribution in [0.25, 0.3) is 10.2 Å². The molecule has 0 fully saturated rings. The Hall–Kier alpha value is -2.87. The van der Waals surface area contributed by atoms with Crippen LogP contribution < -0.4 is 20.3 Å². The van der Waals surface area contributed by atoms with Crippen molar-refractivity contribution in [3.05, 3.63) is 44.8 Å². The van der Waals surface area contributed by atoms with Crippen LogP contribution in [-0.4, -0.2) is 29.1 Å². The number of ether oxygens (including phenoxy) is 2. The lowest BCUT2D eigenvalue weighted by atomic mass is 10.2. The minimum atomic E-state index is -0.162. The number of hydrogen-bond donors (Lipinski definition) is 2. The normalized spacial score (nSPS) is 11.0. The van der Waals surface area contributed by atoms with Gasteiger partial charge in [-0.1, -0.05) is 13.8 Å². The van der Waals surface area contributed by atoms with E-state index >= 15 is 0 Å². The van der Waals surface area contributed by atoms with E-state index in [4.69, 9.17) is 9.47 Å². The van der Waals surface area contributed by atoms with Crippen molar-refractivity contribution in [3.63, 3.8) is 0 Å². The van der Waals surface area contributed by atoms with Crippen molar-refractivity contribution in [1.82, 2.24) is 9.97 Å². The Kier molecular flexibility index (Phi) is 7.68. The van der Waals surface area contributed by atoms with Crippen molar-refractivity contribution in [2.24, 2.45) is 0 Å². The summed E-state index contributed by atoms with van der Waals surface area (Å²) >= 11 is 1.50. The molecule has 7 nitrogen and oxygen atoms in total. The second kappa shape index (κ2) is 10.4. The average molecular weight is 444 g/mol. The molecule has 3 rings (SSSR count). The topological polar surface area (TPSA) is 93.3 Å². The Morgan fingerprint density at radius 1 is 1.13 bits per heavy atom. The first-order valence-corrected chi connectivity index (χ1v) is 11.4. The predicted octanol–water partition coefficient (Wildman–Crippen LogP) is 4.75. The Balaban J connectivity index is 1.66. The van der Waals surface area contributed by atoms with Gasteiger partial charge in [-0.25, -0.2) is 4.98 Å². The fourth-order valence-electron chi connectivity index (χ4n) is 3.11. The van der Waals surface area contributed by atoms with Crippen LogP contribution in [0.4, 0.5) is 5.69 Å². The number of aryl methyl sites for hydroxylation is 3. The number of rotatable bonds is 10.